The second-order valence-electron chi connectivity index (χ2n) is 17.5. The number of allylic oxidation sites excluding steroid dienone is 1. The lowest BCUT2D eigenvalue weighted by Gasteiger charge is -2.20. The van der Waals surface area contributed by atoms with Crippen molar-refractivity contribution >= 4 is 115 Å². The smallest absolute Gasteiger partial charge is 0.162 e. The number of furan rings is 1. The molecule has 0 N–H and O–H groups in total. The Labute approximate surface area is 379 Å². The van der Waals surface area contributed by atoms with Crippen LogP contribution in [0.25, 0.3) is 109 Å². The van der Waals surface area contributed by atoms with E-state index in [2.05, 4.69) is 211 Å². The minimum absolute atomic E-state index is 0.643. The number of fused-ring (bicyclic) bond motifs is 13. The van der Waals surface area contributed by atoms with Crippen LogP contribution in [0.2, 0.25) is 0 Å². The van der Waals surface area contributed by atoms with E-state index in [9.17, 15) is 0 Å². The van der Waals surface area contributed by atoms with Crippen LogP contribution in [-0.4, -0.2) is 16.1 Å². The van der Waals surface area contributed by atoms with E-state index in [1.165, 1.54) is 59.2 Å². The molecule has 0 radical (unpaired) electrons. The van der Waals surface area contributed by atoms with Gasteiger partial charge in [0.25, 0.3) is 0 Å². The van der Waals surface area contributed by atoms with Crippen molar-refractivity contribution in [2.24, 2.45) is 9.98 Å². The Morgan fingerprint density at radius 2 is 1.06 bits per heavy atom. The van der Waals surface area contributed by atoms with Gasteiger partial charge in [-0.3, -0.25) is 0 Å². The van der Waals surface area contributed by atoms with E-state index in [0.717, 1.165) is 85.0 Å². The van der Waals surface area contributed by atoms with Crippen LogP contribution in [0.5, 0.6) is 0 Å². The Bertz CT molecular complexity index is 4290. The van der Waals surface area contributed by atoms with E-state index in [1.807, 2.05) is 6.07 Å². The molecule has 0 atom stereocenters. The quantitative estimate of drug-likeness (QED) is 0.163. The minimum atomic E-state index is 0.643. The number of amidine groups is 1. The molecule has 308 valence electrons. The number of hydrogen-bond donors (Lipinski definition) is 0. The van der Waals surface area contributed by atoms with Crippen LogP contribution < -0.4 is 0 Å². The topological polar surface area (TPSA) is 42.8 Å². The first-order valence-corrected chi connectivity index (χ1v) is 22.8. The van der Waals surface area contributed by atoms with Crippen LogP contribution in [0.3, 0.4) is 0 Å². The molecule has 0 saturated carbocycles. The molecule has 0 spiro atoms. The van der Waals surface area contributed by atoms with E-state index in [1.54, 1.807) is 0 Å². The van der Waals surface area contributed by atoms with Crippen molar-refractivity contribution in [1.82, 2.24) is 4.57 Å². The molecule has 14 rings (SSSR count). The second-order valence-corrected chi connectivity index (χ2v) is 17.5. The summed E-state index contributed by atoms with van der Waals surface area (Å²) in [6.07, 6.45) is 3.82. The third-order valence-electron chi connectivity index (χ3n) is 13.8. The maximum atomic E-state index is 6.77. The summed E-state index contributed by atoms with van der Waals surface area (Å²) < 4.78 is 9.26. The van der Waals surface area contributed by atoms with Gasteiger partial charge < -0.3 is 8.98 Å². The van der Waals surface area contributed by atoms with Crippen molar-refractivity contribution in [3.63, 3.8) is 0 Å². The Morgan fingerprint density at radius 1 is 0.409 bits per heavy atom. The first-order valence-electron chi connectivity index (χ1n) is 22.8. The summed E-state index contributed by atoms with van der Waals surface area (Å²) in [6.45, 7) is 0. The average Bonchev–Trinajstić information content (AvgIpc) is 3.91. The molecule has 3 heterocycles. The van der Waals surface area contributed by atoms with Gasteiger partial charge in [-0.25, -0.2) is 9.98 Å². The van der Waals surface area contributed by atoms with E-state index in [-0.39, 0.29) is 0 Å². The van der Waals surface area contributed by atoms with Crippen molar-refractivity contribution in [2.45, 2.75) is 12.8 Å². The Hall–Kier alpha value is -8.60. The predicted octanol–water partition coefficient (Wildman–Crippen LogP) is 16.5. The average molecular weight is 842 g/mol. The van der Waals surface area contributed by atoms with Gasteiger partial charge >= 0.3 is 0 Å². The summed E-state index contributed by atoms with van der Waals surface area (Å²) in [4.78, 5) is 11.8. The highest BCUT2D eigenvalue weighted by atomic mass is 16.3. The summed E-state index contributed by atoms with van der Waals surface area (Å²) in [7, 11) is 0. The van der Waals surface area contributed by atoms with Crippen LogP contribution in [0.4, 0.5) is 0 Å². The minimum Gasteiger partial charge on any atom is -0.456 e. The summed E-state index contributed by atoms with van der Waals surface area (Å²) in [5, 5.41) is 16.3. The van der Waals surface area contributed by atoms with E-state index in [0.29, 0.717) is 5.84 Å². The van der Waals surface area contributed by atoms with Crippen LogP contribution in [0, 0.1) is 0 Å². The number of aliphatic imine (C=N–C) groups is 2. The van der Waals surface area contributed by atoms with Crippen molar-refractivity contribution in [2.75, 3.05) is 0 Å². The number of para-hydroxylation sites is 1. The van der Waals surface area contributed by atoms with Crippen LogP contribution in [-0.2, 0) is 0 Å². The van der Waals surface area contributed by atoms with Gasteiger partial charge in [0, 0.05) is 38.1 Å². The lowest BCUT2D eigenvalue weighted by Crippen LogP contribution is -2.13. The van der Waals surface area contributed by atoms with Gasteiger partial charge in [-0.1, -0.05) is 176 Å². The molecule has 66 heavy (non-hydrogen) atoms. The molecular formula is C62H39N3O. The number of hydrogen-bond acceptors (Lipinski definition) is 3. The van der Waals surface area contributed by atoms with Gasteiger partial charge in [-0.05, 0) is 97.7 Å². The number of benzene rings is 11. The second kappa shape index (κ2) is 14.5. The van der Waals surface area contributed by atoms with Crippen LogP contribution >= 0.6 is 0 Å². The zero-order chi connectivity index (χ0) is 43.3. The van der Waals surface area contributed by atoms with Crippen LogP contribution in [0.15, 0.2) is 227 Å². The monoisotopic (exact) mass is 841 g/mol. The lowest BCUT2D eigenvalue weighted by molar-refractivity contribution is 0.669. The van der Waals surface area contributed by atoms with E-state index >= 15 is 0 Å². The number of aromatic nitrogens is 1. The first kappa shape index (κ1) is 36.8. The molecule has 2 aromatic heterocycles. The maximum absolute atomic E-state index is 6.77. The molecule has 0 aliphatic carbocycles. The predicted molar refractivity (Wildman–Crippen MR) is 279 cm³/mol. The molecule has 0 amide bonds. The molecule has 1 aliphatic heterocycles. The molecule has 1 aliphatic rings. The zero-order valence-electron chi connectivity index (χ0n) is 35.9. The lowest BCUT2D eigenvalue weighted by atomic mass is 9.92. The fourth-order valence-corrected chi connectivity index (χ4v) is 10.9. The van der Waals surface area contributed by atoms with Gasteiger partial charge in [0.2, 0.25) is 0 Å². The molecule has 11 aromatic carbocycles. The molecule has 0 fully saturated rings. The summed E-state index contributed by atoms with van der Waals surface area (Å²) in [5.74, 6) is 0.643. The van der Waals surface area contributed by atoms with Gasteiger partial charge in [-0.2, -0.15) is 0 Å². The van der Waals surface area contributed by atoms with Crippen LogP contribution in [0.1, 0.15) is 29.5 Å². The Balaban J connectivity index is 1.16. The molecule has 4 heteroatoms. The molecular weight excluding hydrogens is 803 g/mol. The molecule has 0 bridgehead atoms. The third kappa shape index (κ3) is 5.58. The highest BCUT2D eigenvalue weighted by Crippen LogP contribution is 2.43. The summed E-state index contributed by atoms with van der Waals surface area (Å²) in [6, 6.07) is 74.4. The molecule has 0 unspecified atom stereocenters. The van der Waals surface area contributed by atoms with Crippen molar-refractivity contribution in [3.05, 3.63) is 229 Å². The Morgan fingerprint density at radius 3 is 1.89 bits per heavy atom. The van der Waals surface area contributed by atoms with Crippen molar-refractivity contribution in [3.8, 4) is 5.69 Å². The standard InChI is InChI=1S/C62H39N3O/c1-2-18-41-37-56-52(35-40(41)17-1)49-32-31-39-16-4-8-23-45(39)61(49)65(56)55-33-34-58-59(50-26-11-12-30-57(50)66-58)60(55)62-63-53(48-27-13-20-38-15-3-6-21-43(38)48)28-14-29-54(64-62)51-36-42-19-5-7-22-44(42)46-24-9-10-25-47(46)51/h1-13,15-28,30-37H,14,29H2/b53-28-,63-62-,64-54+. The van der Waals surface area contributed by atoms with E-state index < -0.39 is 0 Å². The SMILES string of the molecule is C1=C(c2cccc3ccccc23)/N=C(c2c(-n3c4cc5ccccc5cc4c4ccc5ccccc5c43)ccc3oc4ccccc4c23)\N=C(\c2cc3ccccc3c3ccccc23)CC\1. The molecule has 4 nitrogen and oxygen atoms in total. The summed E-state index contributed by atoms with van der Waals surface area (Å²) in [5.41, 5.74) is 9.91. The summed E-state index contributed by atoms with van der Waals surface area (Å²) >= 11 is 0. The number of nitrogens with zero attached hydrogens (tertiary/aromatic N) is 3. The third-order valence-corrected chi connectivity index (χ3v) is 13.8. The van der Waals surface area contributed by atoms with Gasteiger partial charge in [0.1, 0.15) is 11.2 Å². The van der Waals surface area contributed by atoms with Gasteiger partial charge in [-0.15, -0.1) is 0 Å². The highest BCUT2D eigenvalue weighted by molar-refractivity contribution is 6.28. The molecule has 0 saturated heterocycles. The fourth-order valence-electron chi connectivity index (χ4n) is 10.9. The number of rotatable bonds is 4. The first-order chi connectivity index (χ1) is 32.7. The Kier molecular flexibility index (Phi) is 8.07. The van der Waals surface area contributed by atoms with Crippen molar-refractivity contribution < 1.29 is 4.42 Å². The fraction of sp³-hybridized carbons (Fsp3) is 0.0323. The highest BCUT2D eigenvalue weighted by Gasteiger charge is 2.26. The molecule has 13 aromatic rings. The van der Waals surface area contributed by atoms with Gasteiger partial charge in [0.05, 0.1) is 33.7 Å². The zero-order valence-corrected chi connectivity index (χ0v) is 35.9. The maximum Gasteiger partial charge on any atom is 0.162 e. The normalized spacial score (nSPS) is 16.0. The van der Waals surface area contributed by atoms with Crippen molar-refractivity contribution in [1.29, 1.82) is 0 Å². The van der Waals surface area contributed by atoms with E-state index in [4.69, 9.17) is 14.4 Å². The van der Waals surface area contributed by atoms with Gasteiger partial charge in [0.15, 0.2) is 5.84 Å². The largest absolute Gasteiger partial charge is 0.456 e.